The van der Waals surface area contributed by atoms with Crippen molar-refractivity contribution in [2.75, 3.05) is 37.4 Å². The molecular formula is C21H27N5O2. The van der Waals surface area contributed by atoms with Gasteiger partial charge in [-0.15, -0.1) is 0 Å². The molecule has 3 amide bonds. The van der Waals surface area contributed by atoms with Gasteiger partial charge >= 0.3 is 6.03 Å². The minimum Gasteiger partial charge on any atom is -0.371 e. The molecule has 0 saturated carbocycles. The summed E-state index contributed by atoms with van der Waals surface area (Å²) in [5.74, 6) is -0.162. The molecule has 2 aromatic rings. The van der Waals surface area contributed by atoms with Gasteiger partial charge in [-0.05, 0) is 49.1 Å². The lowest BCUT2D eigenvalue weighted by atomic mass is 10.1. The molecule has 7 heteroatoms. The molecule has 1 aromatic carbocycles. The van der Waals surface area contributed by atoms with Gasteiger partial charge in [0.1, 0.15) is 0 Å². The second-order valence-electron chi connectivity index (χ2n) is 7.15. The van der Waals surface area contributed by atoms with Crippen molar-refractivity contribution in [3.05, 3.63) is 53.9 Å². The van der Waals surface area contributed by atoms with Gasteiger partial charge in [0.05, 0.1) is 5.56 Å². The molecule has 1 aromatic heterocycles. The number of pyridine rings is 1. The van der Waals surface area contributed by atoms with Crippen LogP contribution >= 0.6 is 0 Å². The van der Waals surface area contributed by atoms with Crippen molar-refractivity contribution < 1.29 is 9.59 Å². The average molecular weight is 381 g/mol. The number of nitrogens with one attached hydrogen (secondary N) is 2. The molecular weight excluding hydrogens is 354 g/mol. The van der Waals surface area contributed by atoms with Gasteiger partial charge in [-0.3, -0.25) is 9.78 Å². The van der Waals surface area contributed by atoms with E-state index in [1.54, 1.807) is 32.6 Å². The molecule has 28 heavy (non-hydrogen) atoms. The summed E-state index contributed by atoms with van der Waals surface area (Å²) in [4.78, 5) is 32.7. The number of benzene rings is 1. The number of hydrogen-bond acceptors (Lipinski definition) is 4. The Labute approximate surface area is 165 Å². The Bertz CT molecular complexity index is 817. The number of nitrogens with zero attached hydrogens (tertiary/aromatic N) is 3. The average Bonchev–Trinajstić information content (AvgIpc) is 2.73. The van der Waals surface area contributed by atoms with E-state index in [-0.39, 0.29) is 11.9 Å². The number of rotatable bonds is 5. The van der Waals surface area contributed by atoms with E-state index < -0.39 is 0 Å². The second-order valence-corrected chi connectivity index (χ2v) is 7.15. The Morgan fingerprint density at radius 3 is 2.61 bits per heavy atom. The number of amides is 3. The molecule has 0 spiro atoms. The van der Waals surface area contributed by atoms with E-state index in [9.17, 15) is 9.59 Å². The molecule has 2 N–H and O–H groups in total. The van der Waals surface area contributed by atoms with Crippen LogP contribution in [0.4, 0.5) is 16.2 Å². The summed E-state index contributed by atoms with van der Waals surface area (Å²) in [6, 6.07) is 9.07. The predicted molar refractivity (Wildman–Crippen MR) is 111 cm³/mol. The molecule has 0 unspecified atom stereocenters. The first-order valence-corrected chi connectivity index (χ1v) is 9.59. The first-order valence-electron chi connectivity index (χ1n) is 9.59. The largest absolute Gasteiger partial charge is 0.371 e. The maximum Gasteiger partial charge on any atom is 0.321 e. The van der Waals surface area contributed by atoms with E-state index in [4.69, 9.17) is 0 Å². The summed E-state index contributed by atoms with van der Waals surface area (Å²) >= 11 is 0. The Hall–Kier alpha value is -3.09. The Kier molecular flexibility index (Phi) is 6.47. The zero-order chi connectivity index (χ0) is 19.9. The molecule has 0 bridgehead atoms. The van der Waals surface area contributed by atoms with Crippen LogP contribution in [0.25, 0.3) is 0 Å². The SMILES string of the molecule is CN(C)C(=O)Nc1ccc(N2CCCCC2)c(C(=O)NCc2cccnc2)c1. The summed E-state index contributed by atoms with van der Waals surface area (Å²) in [7, 11) is 3.36. The number of aromatic nitrogens is 1. The molecule has 0 radical (unpaired) electrons. The zero-order valence-electron chi connectivity index (χ0n) is 16.4. The number of carbonyl (C=O) groups is 2. The van der Waals surface area contributed by atoms with Crippen LogP contribution in [0.3, 0.4) is 0 Å². The van der Waals surface area contributed by atoms with Crippen molar-refractivity contribution in [3.8, 4) is 0 Å². The van der Waals surface area contributed by atoms with Gasteiger partial charge in [0, 0.05) is 57.5 Å². The summed E-state index contributed by atoms with van der Waals surface area (Å²) in [5, 5.41) is 5.79. The number of hydrogen-bond donors (Lipinski definition) is 2. The molecule has 1 aliphatic rings. The van der Waals surface area contributed by atoms with Gasteiger partial charge in [-0.1, -0.05) is 6.07 Å². The summed E-state index contributed by atoms with van der Waals surface area (Å²) in [5.41, 5.74) is 3.02. The van der Waals surface area contributed by atoms with Gasteiger partial charge in [0.2, 0.25) is 0 Å². The van der Waals surface area contributed by atoms with Crippen LogP contribution in [0.5, 0.6) is 0 Å². The highest BCUT2D eigenvalue weighted by atomic mass is 16.2. The molecule has 0 atom stereocenters. The van der Waals surface area contributed by atoms with Gasteiger partial charge in [0.15, 0.2) is 0 Å². The maximum atomic E-state index is 13.0. The summed E-state index contributed by atoms with van der Waals surface area (Å²) < 4.78 is 0. The van der Waals surface area contributed by atoms with Crippen LogP contribution in [-0.4, -0.2) is 49.0 Å². The number of urea groups is 1. The second kappa shape index (κ2) is 9.21. The van der Waals surface area contributed by atoms with Crippen LogP contribution in [0, 0.1) is 0 Å². The first-order chi connectivity index (χ1) is 13.5. The van der Waals surface area contributed by atoms with Crippen LogP contribution in [0.15, 0.2) is 42.7 Å². The van der Waals surface area contributed by atoms with E-state index >= 15 is 0 Å². The third kappa shape index (κ3) is 5.00. The molecule has 0 aliphatic carbocycles. The van der Waals surface area contributed by atoms with Crippen molar-refractivity contribution in [2.45, 2.75) is 25.8 Å². The standard InChI is InChI=1S/C21H27N5O2/c1-25(2)21(28)24-17-8-9-19(26-11-4-3-5-12-26)18(13-17)20(27)23-15-16-7-6-10-22-14-16/h6-10,13-14H,3-5,11-12,15H2,1-2H3,(H,23,27)(H,24,28). The van der Waals surface area contributed by atoms with Gasteiger partial charge in [-0.2, -0.15) is 0 Å². The number of anilines is 2. The Morgan fingerprint density at radius 1 is 1.14 bits per heavy atom. The first kappa shape index (κ1) is 19.7. The van der Waals surface area contributed by atoms with Gasteiger partial charge in [0.25, 0.3) is 5.91 Å². The van der Waals surface area contributed by atoms with Crippen LogP contribution < -0.4 is 15.5 Å². The summed E-state index contributed by atoms with van der Waals surface area (Å²) in [6.07, 6.45) is 6.90. The molecule has 1 saturated heterocycles. The van der Waals surface area contributed by atoms with Crippen LogP contribution in [0.1, 0.15) is 35.2 Å². The fourth-order valence-corrected chi connectivity index (χ4v) is 3.22. The van der Waals surface area contributed by atoms with Crippen molar-refractivity contribution in [3.63, 3.8) is 0 Å². The Morgan fingerprint density at radius 2 is 1.93 bits per heavy atom. The minimum atomic E-state index is -0.229. The predicted octanol–water partition coefficient (Wildman–Crippen LogP) is 3.10. The highest BCUT2D eigenvalue weighted by Crippen LogP contribution is 2.27. The monoisotopic (exact) mass is 381 g/mol. The van der Waals surface area contributed by atoms with Crippen molar-refractivity contribution in [1.82, 2.24) is 15.2 Å². The minimum absolute atomic E-state index is 0.162. The topological polar surface area (TPSA) is 77.6 Å². The van der Waals surface area contributed by atoms with Gasteiger partial charge in [-0.25, -0.2) is 4.79 Å². The fraction of sp³-hybridized carbons (Fsp3) is 0.381. The normalized spacial score (nSPS) is 13.7. The van der Waals surface area contributed by atoms with Crippen molar-refractivity contribution >= 4 is 23.3 Å². The smallest absolute Gasteiger partial charge is 0.321 e. The van der Waals surface area contributed by atoms with E-state index in [0.717, 1.165) is 37.2 Å². The van der Waals surface area contributed by atoms with E-state index in [0.29, 0.717) is 17.8 Å². The quantitative estimate of drug-likeness (QED) is 0.834. The van der Waals surface area contributed by atoms with Crippen molar-refractivity contribution in [2.24, 2.45) is 0 Å². The lowest BCUT2D eigenvalue weighted by Gasteiger charge is -2.30. The van der Waals surface area contributed by atoms with E-state index in [2.05, 4.69) is 20.5 Å². The maximum absolute atomic E-state index is 13.0. The van der Waals surface area contributed by atoms with E-state index in [1.165, 1.54) is 11.3 Å². The van der Waals surface area contributed by atoms with Crippen molar-refractivity contribution in [1.29, 1.82) is 0 Å². The van der Waals surface area contributed by atoms with Crippen LogP contribution in [-0.2, 0) is 6.54 Å². The lowest BCUT2D eigenvalue weighted by molar-refractivity contribution is 0.0951. The molecule has 1 aliphatic heterocycles. The fourth-order valence-electron chi connectivity index (χ4n) is 3.22. The number of carbonyl (C=O) groups excluding carboxylic acids is 2. The highest BCUT2D eigenvalue weighted by Gasteiger charge is 2.20. The molecule has 1 fully saturated rings. The van der Waals surface area contributed by atoms with E-state index in [1.807, 2.05) is 24.3 Å². The van der Waals surface area contributed by atoms with Gasteiger partial charge < -0.3 is 20.4 Å². The van der Waals surface area contributed by atoms with Crippen LogP contribution in [0.2, 0.25) is 0 Å². The lowest BCUT2D eigenvalue weighted by Crippen LogP contribution is -2.33. The zero-order valence-corrected chi connectivity index (χ0v) is 16.4. The molecule has 148 valence electrons. The molecule has 3 rings (SSSR count). The highest BCUT2D eigenvalue weighted by molar-refractivity contribution is 6.02. The third-order valence-electron chi connectivity index (χ3n) is 4.77. The summed E-state index contributed by atoms with van der Waals surface area (Å²) in [6.45, 7) is 2.28. The molecule has 7 nitrogen and oxygen atoms in total. The number of piperidine rings is 1. The third-order valence-corrected chi connectivity index (χ3v) is 4.77. The Balaban J connectivity index is 1.82. The molecule has 2 heterocycles.